The number of thiazole rings is 1. The summed E-state index contributed by atoms with van der Waals surface area (Å²) in [6, 6.07) is 15.4. The molecular weight excluding hydrogens is 449 g/mol. The van der Waals surface area contributed by atoms with Crippen LogP contribution < -0.4 is 15.9 Å². The monoisotopic (exact) mass is 469 g/mol. The number of hydrogen-bond acceptors (Lipinski definition) is 7. The van der Waals surface area contributed by atoms with E-state index in [0.29, 0.717) is 22.5 Å². The second-order valence-electron chi connectivity index (χ2n) is 7.34. The van der Waals surface area contributed by atoms with Gasteiger partial charge in [0.15, 0.2) is 5.82 Å². The first kappa shape index (κ1) is 21.5. The molecule has 0 bridgehead atoms. The molecule has 9 heteroatoms. The molecule has 0 saturated carbocycles. The van der Waals surface area contributed by atoms with Crippen LogP contribution in [-0.4, -0.2) is 28.3 Å². The minimum absolute atomic E-state index is 0.370. The third-order valence-corrected chi connectivity index (χ3v) is 7.12. The zero-order valence-corrected chi connectivity index (χ0v) is 19.7. The molecule has 0 aliphatic rings. The maximum Gasteiger partial charge on any atom is 0.229 e. The quantitative estimate of drug-likeness (QED) is 0.323. The summed E-state index contributed by atoms with van der Waals surface area (Å²) in [5.74, 6) is 0.832. The van der Waals surface area contributed by atoms with E-state index in [2.05, 4.69) is 25.6 Å². The van der Waals surface area contributed by atoms with Crippen molar-refractivity contribution in [2.45, 2.75) is 6.92 Å². The lowest BCUT2D eigenvalue weighted by atomic mass is 10.1. The highest BCUT2D eigenvalue weighted by Gasteiger charge is 2.17. The van der Waals surface area contributed by atoms with Gasteiger partial charge in [0.1, 0.15) is 12.2 Å². The molecule has 0 spiro atoms. The highest BCUT2D eigenvalue weighted by Crippen LogP contribution is 2.38. The summed E-state index contributed by atoms with van der Waals surface area (Å²) in [5.41, 5.74) is 3.50. The van der Waals surface area contributed by atoms with E-state index in [1.54, 1.807) is 24.7 Å². The normalized spacial score (nSPS) is 11.4. The lowest BCUT2D eigenvalue weighted by Gasteiger charge is -2.16. The first-order valence-corrected chi connectivity index (χ1v) is 13.4. The molecule has 2 aromatic carbocycles. The van der Waals surface area contributed by atoms with Crippen LogP contribution in [0.1, 0.15) is 5.01 Å². The number of nitrogens with zero attached hydrogens (tertiary/aromatic N) is 3. The average molecular weight is 470 g/mol. The van der Waals surface area contributed by atoms with E-state index in [1.807, 2.05) is 60.8 Å². The molecule has 31 heavy (non-hydrogen) atoms. The Hall–Kier alpha value is -2.73. The standard InChI is InChI=1S/C22H21ClN5OPS/c1-14-25-19(13-31-14)15-7-6-8-16(11-15)26-22-24-12-17(23)21(28-22)27-18-9-4-5-10-20(18)30(2,3)29/h4-13H,1-3H3,(H2,24,26,27,28). The number of aryl methyl sites for hydroxylation is 1. The van der Waals surface area contributed by atoms with Gasteiger partial charge in [0, 0.05) is 21.9 Å². The predicted molar refractivity (Wildman–Crippen MR) is 131 cm³/mol. The molecule has 2 aromatic heterocycles. The fourth-order valence-electron chi connectivity index (χ4n) is 3.07. The van der Waals surface area contributed by atoms with Gasteiger partial charge < -0.3 is 15.2 Å². The molecule has 2 heterocycles. The van der Waals surface area contributed by atoms with Crippen molar-refractivity contribution in [3.05, 3.63) is 70.1 Å². The van der Waals surface area contributed by atoms with Crippen LogP contribution in [0.25, 0.3) is 11.3 Å². The van der Waals surface area contributed by atoms with Gasteiger partial charge in [0.05, 0.1) is 22.6 Å². The van der Waals surface area contributed by atoms with Crippen LogP contribution in [0, 0.1) is 6.92 Å². The zero-order valence-electron chi connectivity index (χ0n) is 17.3. The van der Waals surface area contributed by atoms with Crippen LogP contribution in [0.4, 0.5) is 23.1 Å². The Bertz CT molecular complexity index is 1290. The van der Waals surface area contributed by atoms with Gasteiger partial charge in [-0.1, -0.05) is 35.9 Å². The summed E-state index contributed by atoms with van der Waals surface area (Å²) < 4.78 is 12.6. The van der Waals surface area contributed by atoms with Gasteiger partial charge >= 0.3 is 0 Å². The fourth-order valence-corrected chi connectivity index (χ4v) is 4.99. The molecule has 158 valence electrons. The van der Waals surface area contributed by atoms with E-state index in [1.165, 1.54) is 6.20 Å². The molecule has 0 unspecified atom stereocenters. The van der Waals surface area contributed by atoms with Crippen LogP contribution in [0.15, 0.2) is 60.1 Å². The summed E-state index contributed by atoms with van der Waals surface area (Å²) in [7, 11) is -2.48. The van der Waals surface area contributed by atoms with Crippen molar-refractivity contribution in [3.8, 4) is 11.3 Å². The summed E-state index contributed by atoms with van der Waals surface area (Å²) >= 11 is 7.95. The van der Waals surface area contributed by atoms with Crippen molar-refractivity contribution in [1.29, 1.82) is 0 Å². The lowest BCUT2D eigenvalue weighted by Crippen LogP contribution is -2.10. The highest BCUT2D eigenvalue weighted by atomic mass is 35.5. The van der Waals surface area contributed by atoms with Gasteiger partial charge in [-0.2, -0.15) is 4.98 Å². The number of hydrogen-bond donors (Lipinski definition) is 2. The second kappa shape index (κ2) is 8.79. The SMILES string of the molecule is Cc1nc(-c2cccc(Nc3ncc(Cl)c(Nc4ccccc4P(C)(C)=O)n3)c2)cs1. The van der Waals surface area contributed by atoms with E-state index in [-0.39, 0.29) is 0 Å². The summed E-state index contributed by atoms with van der Waals surface area (Å²) in [4.78, 5) is 13.4. The van der Waals surface area contributed by atoms with Crippen molar-refractivity contribution in [1.82, 2.24) is 15.0 Å². The molecule has 4 rings (SSSR count). The number of halogens is 1. The van der Waals surface area contributed by atoms with Crippen molar-refractivity contribution in [2.24, 2.45) is 0 Å². The molecule has 0 fully saturated rings. The molecule has 0 aliphatic heterocycles. The van der Waals surface area contributed by atoms with Crippen LogP contribution in [0.5, 0.6) is 0 Å². The molecular formula is C22H21ClN5OPS. The Morgan fingerprint density at radius 2 is 1.84 bits per heavy atom. The van der Waals surface area contributed by atoms with E-state index in [9.17, 15) is 4.57 Å². The Kier molecular flexibility index (Phi) is 6.10. The van der Waals surface area contributed by atoms with Crippen LogP contribution >= 0.6 is 30.1 Å². The van der Waals surface area contributed by atoms with Gasteiger partial charge in [0.25, 0.3) is 0 Å². The lowest BCUT2D eigenvalue weighted by molar-refractivity contribution is 0.588. The van der Waals surface area contributed by atoms with Crippen molar-refractivity contribution in [2.75, 3.05) is 24.0 Å². The zero-order chi connectivity index (χ0) is 22.0. The third kappa shape index (κ3) is 5.13. The van der Waals surface area contributed by atoms with Gasteiger partial charge in [-0.25, -0.2) is 9.97 Å². The predicted octanol–water partition coefficient (Wildman–Crippen LogP) is 6.30. The minimum Gasteiger partial charge on any atom is -0.338 e. The second-order valence-corrected chi connectivity index (χ2v) is 12.0. The Morgan fingerprint density at radius 3 is 2.58 bits per heavy atom. The molecule has 0 radical (unpaired) electrons. The van der Waals surface area contributed by atoms with Gasteiger partial charge in [-0.05, 0) is 44.5 Å². The average Bonchev–Trinajstić information content (AvgIpc) is 3.17. The van der Waals surface area contributed by atoms with Crippen molar-refractivity contribution in [3.63, 3.8) is 0 Å². The Labute approximate surface area is 190 Å². The maximum absolute atomic E-state index is 12.6. The third-order valence-electron chi connectivity index (χ3n) is 4.51. The van der Waals surface area contributed by atoms with Gasteiger partial charge in [-0.3, -0.25) is 0 Å². The molecule has 0 atom stereocenters. The molecule has 0 saturated heterocycles. The molecule has 0 aliphatic carbocycles. The first-order valence-electron chi connectivity index (χ1n) is 9.53. The topological polar surface area (TPSA) is 79.8 Å². The highest BCUT2D eigenvalue weighted by molar-refractivity contribution is 7.70. The van der Waals surface area contributed by atoms with Crippen LogP contribution in [-0.2, 0) is 4.57 Å². The summed E-state index contributed by atoms with van der Waals surface area (Å²) in [6.45, 7) is 5.46. The Balaban J connectivity index is 1.60. The van der Waals surface area contributed by atoms with Gasteiger partial charge in [-0.15, -0.1) is 11.3 Å². The number of benzene rings is 2. The largest absolute Gasteiger partial charge is 0.338 e. The summed E-state index contributed by atoms with van der Waals surface area (Å²) in [5, 5.41) is 10.6. The van der Waals surface area contributed by atoms with E-state index >= 15 is 0 Å². The molecule has 6 nitrogen and oxygen atoms in total. The number of para-hydroxylation sites is 1. The maximum atomic E-state index is 12.6. The number of aromatic nitrogens is 3. The number of anilines is 4. The summed E-state index contributed by atoms with van der Waals surface area (Å²) in [6.07, 6.45) is 1.53. The number of nitrogens with one attached hydrogen (secondary N) is 2. The van der Waals surface area contributed by atoms with E-state index < -0.39 is 7.14 Å². The molecule has 2 N–H and O–H groups in total. The smallest absolute Gasteiger partial charge is 0.229 e. The van der Waals surface area contributed by atoms with Crippen LogP contribution in [0.2, 0.25) is 5.02 Å². The van der Waals surface area contributed by atoms with Crippen LogP contribution in [0.3, 0.4) is 0 Å². The Morgan fingerprint density at radius 1 is 1.03 bits per heavy atom. The van der Waals surface area contributed by atoms with E-state index in [4.69, 9.17) is 11.6 Å². The van der Waals surface area contributed by atoms with Crippen molar-refractivity contribution >= 4 is 58.5 Å². The number of rotatable bonds is 6. The van der Waals surface area contributed by atoms with Crippen molar-refractivity contribution < 1.29 is 4.57 Å². The fraction of sp³-hybridized carbons (Fsp3) is 0.136. The molecule has 4 aromatic rings. The van der Waals surface area contributed by atoms with E-state index in [0.717, 1.165) is 27.3 Å². The molecule has 0 amide bonds. The minimum atomic E-state index is -2.48. The first-order chi connectivity index (χ1) is 14.8. The van der Waals surface area contributed by atoms with Gasteiger partial charge in [0.2, 0.25) is 5.95 Å².